The Morgan fingerprint density at radius 2 is 1.77 bits per heavy atom. The molecular weight excluding hydrogens is 330 g/mol. The van der Waals surface area contributed by atoms with E-state index in [4.69, 9.17) is 0 Å². The lowest BCUT2D eigenvalue weighted by molar-refractivity contribution is -0.133. The van der Waals surface area contributed by atoms with Gasteiger partial charge in [0.05, 0.1) is 11.3 Å². The minimum absolute atomic E-state index is 0.147. The smallest absolute Gasteiger partial charge is 0.267 e. The molecule has 132 valence electrons. The Balaban J connectivity index is 1.72. The molecule has 2 aromatic rings. The topological polar surface area (TPSA) is 69.7 Å². The molecule has 26 heavy (non-hydrogen) atoms. The summed E-state index contributed by atoms with van der Waals surface area (Å²) in [6, 6.07) is 16.5. The fourth-order valence-corrected chi connectivity index (χ4v) is 3.85. The van der Waals surface area contributed by atoms with E-state index in [9.17, 15) is 14.4 Å². The Kier molecular flexibility index (Phi) is 3.76. The summed E-state index contributed by atoms with van der Waals surface area (Å²) in [4.78, 5) is 41.6. The zero-order valence-electron chi connectivity index (χ0n) is 14.4. The van der Waals surface area contributed by atoms with E-state index in [1.54, 1.807) is 31.3 Å². The van der Waals surface area contributed by atoms with Gasteiger partial charge in [0, 0.05) is 26.4 Å². The van der Waals surface area contributed by atoms with Gasteiger partial charge in [0.15, 0.2) is 0 Å². The van der Waals surface area contributed by atoms with E-state index in [0.29, 0.717) is 17.8 Å². The van der Waals surface area contributed by atoms with Crippen LogP contribution in [0.25, 0.3) is 0 Å². The van der Waals surface area contributed by atoms with E-state index < -0.39 is 5.66 Å². The van der Waals surface area contributed by atoms with Crippen LogP contribution in [0.1, 0.15) is 28.8 Å². The molecule has 6 nitrogen and oxygen atoms in total. The number of hydrogen-bond acceptors (Lipinski definition) is 3. The summed E-state index contributed by atoms with van der Waals surface area (Å²) in [5.41, 5.74) is 0.597. The van der Waals surface area contributed by atoms with E-state index in [-0.39, 0.29) is 30.6 Å². The normalized spacial score (nSPS) is 21.4. The van der Waals surface area contributed by atoms with E-state index in [1.807, 2.05) is 30.3 Å². The summed E-state index contributed by atoms with van der Waals surface area (Å²) >= 11 is 0. The maximum absolute atomic E-state index is 13.2. The van der Waals surface area contributed by atoms with Crippen LogP contribution in [0, 0.1) is 0 Å². The highest BCUT2D eigenvalue weighted by molar-refractivity contribution is 6.16. The van der Waals surface area contributed by atoms with Crippen LogP contribution in [0.5, 0.6) is 0 Å². The molecule has 1 saturated heterocycles. The first kappa shape index (κ1) is 16.3. The van der Waals surface area contributed by atoms with Gasteiger partial charge < -0.3 is 10.2 Å². The number of rotatable bonds is 3. The molecule has 0 bridgehead atoms. The molecule has 4 rings (SSSR count). The zero-order valence-corrected chi connectivity index (χ0v) is 14.4. The second kappa shape index (κ2) is 5.98. The quantitative estimate of drug-likeness (QED) is 0.920. The SMILES string of the molecule is CN1C(=O)c2ccccc2N2C(=O)CC[C@]12C(=O)NCc1ccccc1. The second-order valence-corrected chi connectivity index (χ2v) is 6.60. The molecule has 0 aromatic heterocycles. The Hall–Kier alpha value is -3.15. The number of nitrogens with one attached hydrogen (secondary N) is 1. The van der Waals surface area contributed by atoms with Crippen LogP contribution in [0.2, 0.25) is 0 Å². The summed E-state index contributed by atoms with van der Waals surface area (Å²) in [5, 5.41) is 2.91. The zero-order chi connectivity index (χ0) is 18.3. The van der Waals surface area contributed by atoms with Crippen molar-refractivity contribution in [3.8, 4) is 0 Å². The first-order valence-corrected chi connectivity index (χ1v) is 8.58. The lowest BCUT2D eigenvalue weighted by atomic mass is 9.96. The van der Waals surface area contributed by atoms with Gasteiger partial charge in [-0.25, -0.2) is 0 Å². The van der Waals surface area contributed by atoms with Crippen molar-refractivity contribution in [1.29, 1.82) is 0 Å². The summed E-state index contributed by atoms with van der Waals surface area (Å²) in [5.74, 6) is -0.731. The molecule has 0 aliphatic carbocycles. The fourth-order valence-electron chi connectivity index (χ4n) is 3.85. The van der Waals surface area contributed by atoms with E-state index in [2.05, 4.69) is 5.32 Å². The van der Waals surface area contributed by atoms with Gasteiger partial charge >= 0.3 is 0 Å². The number of nitrogens with zero attached hydrogens (tertiary/aromatic N) is 2. The Bertz CT molecular complexity index is 896. The van der Waals surface area contributed by atoms with Crippen molar-refractivity contribution >= 4 is 23.4 Å². The van der Waals surface area contributed by atoms with Gasteiger partial charge in [0.25, 0.3) is 11.8 Å². The molecular formula is C20H19N3O3. The first-order valence-electron chi connectivity index (χ1n) is 8.58. The van der Waals surface area contributed by atoms with Gasteiger partial charge in [0.1, 0.15) is 0 Å². The Morgan fingerprint density at radius 3 is 2.54 bits per heavy atom. The second-order valence-electron chi connectivity index (χ2n) is 6.60. The molecule has 6 heteroatoms. The summed E-state index contributed by atoms with van der Waals surface area (Å²) in [6.07, 6.45) is 0.508. The molecule has 2 heterocycles. The number of likely N-dealkylation sites (N-methyl/N-ethyl adjacent to an activating group) is 1. The van der Waals surface area contributed by atoms with Crippen molar-refractivity contribution in [3.63, 3.8) is 0 Å². The van der Waals surface area contributed by atoms with Gasteiger partial charge in [-0.1, -0.05) is 42.5 Å². The van der Waals surface area contributed by atoms with Crippen molar-refractivity contribution in [2.45, 2.75) is 25.0 Å². The molecule has 2 aliphatic heterocycles. The number of benzene rings is 2. The van der Waals surface area contributed by atoms with Gasteiger partial charge in [-0.3, -0.25) is 19.3 Å². The van der Waals surface area contributed by atoms with Crippen LogP contribution >= 0.6 is 0 Å². The van der Waals surface area contributed by atoms with Crippen molar-refractivity contribution in [2.24, 2.45) is 0 Å². The van der Waals surface area contributed by atoms with Crippen LogP contribution in [0.15, 0.2) is 54.6 Å². The van der Waals surface area contributed by atoms with Gasteiger partial charge in [-0.05, 0) is 17.7 Å². The Morgan fingerprint density at radius 1 is 1.08 bits per heavy atom. The van der Waals surface area contributed by atoms with Crippen LogP contribution < -0.4 is 10.2 Å². The number of anilines is 1. The maximum Gasteiger partial charge on any atom is 0.267 e. The Labute approximate surface area is 151 Å². The molecule has 1 fully saturated rings. The van der Waals surface area contributed by atoms with Crippen LogP contribution in [0.4, 0.5) is 5.69 Å². The molecule has 0 saturated carbocycles. The first-order chi connectivity index (χ1) is 12.6. The van der Waals surface area contributed by atoms with E-state index >= 15 is 0 Å². The number of para-hydroxylation sites is 1. The molecule has 1 N–H and O–H groups in total. The van der Waals surface area contributed by atoms with Gasteiger partial charge in [0.2, 0.25) is 11.6 Å². The number of hydrogen-bond donors (Lipinski definition) is 1. The standard InChI is InChI=1S/C20H19N3O3/c1-22-18(25)15-9-5-6-10-16(15)23-17(24)11-12-20(22,23)19(26)21-13-14-7-3-2-4-8-14/h2-10H,11-13H2,1H3,(H,21,26)/t20-/m0/s1. The fraction of sp³-hybridized carbons (Fsp3) is 0.250. The summed E-state index contributed by atoms with van der Waals surface area (Å²) in [6.45, 7) is 0.340. The van der Waals surface area contributed by atoms with Crippen LogP contribution in [-0.4, -0.2) is 35.3 Å². The number of amides is 3. The van der Waals surface area contributed by atoms with Crippen molar-refractivity contribution in [1.82, 2.24) is 10.2 Å². The maximum atomic E-state index is 13.2. The highest BCUT2D eigenvalue weighted by atomic mass is 16.2. The lowest BCUT2D eigenvalue weighted by Gasteiger charge is -2.47. The predicted molar refractivity (Wildman–Crippen MR) is 96.3 cm³/mol. The third kappa shape index (κ3) is 2.22. The monoisotopic (exact) mass is 349 g/mol. The lowest BCUT2D eigenvalue weighted by Crippen LogP contribution is -2.69. The number of fused-ring (bicyclic) bond motifs is 3. The van der Waals surface area contributed by atoms with Gasteiger partial charge in [-0.15, -0.1) is 0 Å². The van der Waals surface area contributed by atoms with Crippen molar-refractivity contribution in [2.75, 3.05) is 11.9 Å². The minimum atomic E-state index is -1.31. The van der Waals surface area contributed by atoms with Crippen molar-refractivity contribution < 1.29 is 14.4 Å². The third-order valence-electron chi connectivity index (χ3n) is 5.20. The molecule has 0 spiro atoms. The van der Waals surface area contributed by atoms with Crippen molar-refractivity contribution in [3.05, 3.63) is 65.7 Å². The highest BCUT2D eigenvalue weighted by Gasteiger charge is 2.59. The molecule has 1 atom stereocenters. The average Bonchev–Trinajstić information content (AvgIpc) is 3.04. The van der Waals surface area contributed by atoms with Gasteiger partial charge in [-0.2, -0.15) is 0 Å². The average molecular weight is 349 g/mol. The predicted octanol–water partition coefficient (Wildman–Crippen LogP) is 1.91. The number of carbonyl (C=O) groups excluding carboxylic acids is 3. The largest absolute Gasteiger partial charge is 0.348 e. The molecule has 3 amide bonds. The number of carbonyl (C=O) groups is 3. The third-order valence-corrected chi connectivity index (χ3v) is 5.20. The molecule has 0 radical (unpaired) electrons. The van der Waals surface area contributed by atoms with Crippen LogP contribution in [0.3, 0.4) is 0 Å². The molecule has 0 unspecified atom stereocenters. The minimum Gasteiger partial charge on any atom is -0.348 e. The molecule has 2 aliphatic rings. The summed E-state index contributed by atoms with van der Waals surface area (Å²) in [7, 11) is 1.59. The van der Waals surface area contributed by atoms with Crippen LogP contribution in [-0.2, 0) is 16.1 Å². The molecule has 2 aromatic carbocycles. The van der Waals surface area contributed by atoms with E-state index in [0.717, 1.165) is 5.56 Å². The highest BCUT2D eigenvalue weighted by Crippen LogP contribution is 2.43. The summed E-state index contributed by atoms with van der Waals surface area (Å²) < 4.78 is 0. The van der Waals surface area contributed by atoms with E-state index in [1.165, 1.54) is 9.80 Å².